The molecule has 1 aliphatic heterocycles. The van der Waals surface area contributed by atoms with Crippen LogP contribution in [0.5, 0.6) is 0 Å². The highest BCUT2D eigenvalue weighted by atomic mass is 16.2. The van der Waals surface area contributed by atoms with E-state index < -0.39 is 11.8 Å². The number of hydrogen-bond acceptors (Lipinski definition) is 5. The molecule has 3 rings (SSSR count). The van der Waals surface area contributed by atoms with Gasteiger partial charge in [0.15, 0.2) is 5.78 Å². The lowest BCUT2D eigenvalue weighted by molar-refractivity contribution is -0.146. The Hall–Kier alpha value is -2.88. The van der Waals surface area contributed by atoms with E-state index in [2.05, 4.69) is 11.4 Å². The largest absolute Gasteiger partial charge is 0.367 e. The molecule has 1 saturated heterocycles. The number of amides is 2. The van der Waals surface area contributed by atoms with Crippen LogP contribution >= 0.6 is 0 Å². The number of nitrogens with zero attached hydrogens (tertiary/aromatic N) is 3. The fourth-order valence-corrected chi connectivity index (χ4v) is 2.88. The number of nitrogens with one attached hydrogen (secondary N) is 1. The van der Waals surface area contributed by atoms with Gasteiger partial charge in [0, 0.05) is 37.8 Å². The fourth-order valence-electron chi connectivity index (χ4n) is 2.88. The van der Waals surface area contributed by atoms with Gasteiger partial charge in [-0.25, -0.2) is 0 Å². The number of rotatable bonds is 3. The van der Waals surface area contributed by atoms with Crippen LogP contribution in [0.3, 0.4) is 0 Å². The van der Waals surface area contributed by atoms with E-state index in [1.54, 1.807) is 18.2 Å². The molecule has 0 bridgehead atoms. The average molecular weight is 340 g/mol. The molecular weight excluding hydrogens is 320 g/mol. The fraction of sp³-hybridized carbons (Fsp3) is 0.444. The van der Waals surface area contributed by atoms with Gasteiger partial charge in [0.1, 0.15) is 6.07 Å². The summed E-state index contributed by atoms with van der Waals surface area (Å²) in [5.74, 6) is -1.09. The van der Waals surface area contributed by atoms with Crippen LogP contribution in [0.2, 0.25) is 0 Å². The van der Waals surface area contributed by atoms with Gasteiger partial charge < -0.3 is 15.1 Å². The molecule has 1 aromatic carbocycles. The predicted octanol–water partition coefficient (Wildman–Crippen LogP) is 0.688. The molecule has 1 N–H and O–H groups in total. The number of anilines is 1. The molecule has 7 nitrogen and oxygen atoms in total. The second-order valence-corrected chi connectivity index (χ2v) is 6.43. The van der Waals surface area contributed by atoms with Gasteiger partial charge in [0.25, 0.3) is 0 Å². The number of piperazine rings is 1. The van der Waals surface area contributed by atoms with Crippen molar-refractivity contribution in [3.05, 3.63) is 29.3 Å². The summed E-state index contributed by atoms with van der Waals surface area (Å²) in [6.07, 6.45) is 1.88. The molecular formula is C18H20N4O3. The van der Waals surface area contributed by atoms with Gasteiger partial charge in [-0.2, -0.15) is 5.26 Å². The van der Waals surface area contributed by atoms with Crippen LogP contribution in [0.1, 0.15) is 35.7 Å². The first kappa shape index (κ1) is 17.0. The van der Waals surface area contributed by atoms with Crippen LogP contribution in [-0.4, -0.2) is 54.7 Å². The molecule has 130 valence electrons. The quantitative estimate of drug-likeness (QED) is 0.645. The van der Waals surface area contributed by atoms with E-state index in [0.29, 0.717) is 43.0 Å². The van der Waals surface area contributed by atoms with E-state index in [-0.39, 0.29) is 11.8 Å². The van der Waals surface area contributed by atoms with Gasteiger partial charge in [-0.3, -0.25) is 14.4 Å². The monoisotopic (exact) mass is 340 g/mol. The number of carbonyl (C=O) groups is 3. The van der Waals surface area contributed by atoms with E-state index in [4.69, 9.17) is 0 Å². The van der Waals surface area contributed by atoms with Crippen molar-refractivity contribution in [1.82, 2.24) is 10.2 Å². The standard InChI is InChI=1S/C18H20N4O3/c1-12(23)13-2-3-14(11-19)16(10-13)21-6-8-22(9-7-21)18(25)17(24)20-15-4-5-15/h2-3,10,15H,4-9H2,1H3,(H,20,24). The highest BCUT2D eigenvalue weighted by Gasteiger charge is 2.31. The summed E-state index contributed by atoms with van der Waals surface area (Å²) in [6.45, 7) is 3.33. The van der Waals surface area contributed by atoms with Crippen molar-refractivity contribution < 1.29 is 14.4 Å². The minimum atomic E-state index is -0.535. The summed E-state index contributed by atoms with van der Waals surface area (Å²) in [5, 5.41) is 12.0. The summed E-state index contributed by atoms with van der Waals surface area (Å²) < 4.78 is 0. The van der Waals surface area contributed by atoms with Crippen molar-refractivity contribution in [3.8, 4) is 6.07 Å². The Balaban J connectivity index is 1.66. The highest BCUT2D eigenvalue weighted by Crippen LogP contribution is 2.24. The zero-order valence-electron chi connectivity index (χ0n) is 14.1. The molecule has 25 heavy (non-hydrogen) atoms. The second-order valence-electron chi connectivity index (χ2n) is 6.43. The van der Waals surface area contributed by atoms with Gasteiger partial charge >= 0.3 is 11.8 Å². The maximum absolute atomic E-state index is 12.2. The minimum absolute atomic E-state index is 0.0590. The summed E-state index contributed by atoms with van der Waals surface area (Å²) in [5.41, 5.74) is 1.75. The number of carbonyl (C=O) groups excluding carboxylic acids is 3. The molecule has 0 radical (unpaired) electrons. The molecule has 2 fully saturated rings. The lowest BCUT2D eigenvalue weighted by Gasteiger charge is -2.36. The molecule has 2 amide bonds. The van der Waals surface area contributed by atoms with Gasteiger partial charge in [-0.1, -0.05) is 0 Å². The Morgan fingerprint density at radius 3 is 2.40 bits per heavy atom. The van der Waals surface area contributed by atoms with E-state index in [9.17, 15) is 19.6 Å². The number of benzene rings is 1. The minimum Gasteiger partial charge on any atom is -0.367 e. The van der Waals surface area contributed by atoms with Crippen molar-refractivity contribution in [2.24, 2.45) is 0 Å². The third-order valence-electron chi connectivity index (χ3n) is 4.54. The van der Waals surface area contributed by atoms with Crippen molar-refractivity contribution in [1.29, 1.82) is 5.26 Å². The molecule has 0 spiro atoms. The Labute approximate surface area is 146 Å². The normalized spacial score (nSPS) is 17.0. The first-order chi connectivity index (χ1) is 12.0. The lowest BCUT2D eigenvalue weighted by Crippen LogP contribution is -2.53. The van der Waals surface area contributed by atoms with Crippen molar-refractivity contribution in [3.63, 3.8) is 0 Å². The van der Waals surface area contributed by atoms with Gasteiger partial charge in [-0.05, 0) is 38.0 Å². The lowest BCUT2D eigenvalue weighted by atomic mass is 10.1. The SMILES string of the molecule is CC(=O)c1ccc(C#N)c(N2CCN(C(=O)C(=O)NC3CC3)CC2)c1. The summed E-state index contributed by atoms with van der Waals surface area (Å²) in [4.78, 5) is 39.1. The van der Waals surface area contributed by atoms with E-state index >= 15 is 0 Å². The Morgan fingerprint density at radius 1 is 1.16 bits per heavy atom. The first-order valence-corrected chi connectivity index (χ1v) is 8.39. The Kier molecular flexibility index (Phi) is 4.70. The summed E-state index contributed by atoms with van der Waals surface area (Å²) >= 11 is 0. The van der Waals surface area contributed by atoms with E-state index in [1.807, 2.05) is 4.90 Å². The van der Waals surface area contributed by atoms with Gasteiger partial charge in [0.2, 0.25) is 0 Å². The summed E-state index contributed by atoms with van der Waals surface area (Å²) in [7, 11) is 0. The zero-order valence-corrected chi connectivity index (χ0v) is 14.1. The third kappa shape index (κ3) is 3.79. The van der Waals surface area contributed by atoms with Gasteiger partial charge in [0.05, 0.1) is 11.3 Å². The number of hydrogen-bond donors (Lipinski definition) is 1. The van der Waals surface area contributed by atoms with E-state index in [0.717, 1.165) is 12.8 Å². The first-order valence-electron chi connectivity index (χ1n) is 8.39. The molecule has 0 aromatic heterocycles. The van der Waals surface area contributed by atoms with Crippen LogP contribution < -0.4 is 10.2 Å². The van der Waals surface area contributed by atoms with Crippen molar-refractivity contribution >= 4 is 23.3 Å². The van der Waals surface area contributed by atoms with Crippen LogP contribution in [0, 0.1) is 11.3 Å². The van der Waals surface area contributed by atoms with Crippen LogP contribution in [0.4, 0.5) is 5.69 Å². The Morgan fingerprint density at radius 2 is 1.84 bits per heavy atom. The smallest absolute Gasteiger partial charge is 0.312 e. The topological polar surface area (TPSA) is 93.5 Å². The van der Waals surface area contributed by atoms with Crippen molar-refractivity contribution in [2.45, 2.75) is 25.8 Å². The molecule has 1 saturated carbocycles. The second kappa shape index (κ2) is 6.93. The number of nitriles is 1. The summed E-state index contributed by atoms with van der Waals surface area (Å²) in [6, 6.07) is 7.31. The highest BCUT2D eigenvalue weighted by molar-refractivity contribution is 6.35. The molecule has 1 aromatic rings. The maximum atomic E-state index is 12.2. The molecule has 0 atom stereocenters. The zero-order chi connectivity index (χ0) is 18.0. The van der Waals surface area contributed by atoms with Gasteiger partial charge in [-0.15, -0.1) is 0 Å². The van der Waals surface area contributed by atoms with Crippen LogP contribution in [-0.2, 0) is 9.59 Å². The predicted molar refractivity (Wildman–Crippen MR) is 91.1 cm³/mol. The Bertz CT molecular complexity index is 756. The number of ketones is 1. The molecule has 1 heterocycles. The molecule has 7 heteroatoms. The van der Waals surface area contributed by atoms with Crippen molar-refractivity contribution in [2.75, 3.05) is 31.1 Å². The molecule has 2 aliphatic rings. The molecule has 0 unspecified atom stereocenters. The van der Waals surface area contributed by atoms with Crippen LogP contribution in [0.15, 0.2) is 18.2 Å². The third-order valence-corrected chi connectivity index (χ3v) is 4.54. The van der Waals surface area contributed by atoms with E-state index in [1.165, 1.54) is 11.8 Å². The maximum Gasteiger partial charge on any atom is 0.312 e. The number of Topliss-reactive ketones (excluding diaryl/α,β-unsaturated/α-hetero) is 1. The molecule has 1 aliphatic carbocycles. The van der Waals surface area contributed by atoms with Crippen LogP contribution in [0.25, 0.3) is 0 Å². The average Bonchev–Trinajstić information content (AvgIpc) is 3.44.